The molecule has 0 atom stereocenters. The van der Waals surface area contributed by atoms with E-state index in [0.717, 1.165) is 50.6 Å². The highest BCUT2D eigenvalue weighted by Crippen LogP contribution is 2.05. The second-order valence-electron chi connectivity index (χ2n) is 4.37. The van der Waals surface area contributed by atoms with E-state index in [2.05, 4.69) is 34.2 Å². The van der Waals surface area contributed by atoms with Crippen molar-refractivity contribution in [3.8, 4) is 0 Å². The number of aryl methyl sites for hydroxylation is 1. The molecule has 5 nitrogen and oxygen atoms in total. The molecule has 0 aliphatic carbocycles. The van der Waals surface area contributed by atoms with Crippen molar-refractivity contribution < 1.29 is 4.74 Å². The Kier molecular flexibility index (Phi) is 7.29. The van der Waals surface area contributed by atoms with Gasteiger partial charge < -0.3 is 15.0 Å². The van der Waals surface area contributed by atoms with E-state index in [4.69, 9.17) is 4.74 Å². The summed E-state index contributed by atoms with van der Waals surface area (Å²) in [6.07, 6.45) is 3.74. The highest BCUT2D eigenvalue weighted by molar-refractivity contribution is 5.34. The lowest BCUT2D eigenvalue weighted by Gasteiger charge is -2.16. The third-order valence-electron chi connectivity index (χ3n) is 2.71. The van der Waals surface area contributed by atoms with Crippen molar-refractivity contribution in [3.05, 3.63) is 18.1 Å². The number of hydrogen-bond donors (Lipinski definition) is 1. The Hall–Kier alpha value is -1.20. The number of nitrogens with zero attached hydrogens (tertiary/aromatic N) is 3. The van der Waals surface area contributed by atoms with Gasteiger partial charge in [0.05, 0.1) is 6.61 Å². The van der Waals surface area contributed by atoms with Crippen LogP contribution in [0.2, 0.25) is 0 Å². The molecular formula is C13H24N4O. The largest absolute Gasteiger partial charge is 0.383 e. The van der Waals surface area contributed by atoms with Crippen molar-refractivity contribution in [3.63, 3.8) is 0 Å². The van der Waals surface area contributed by atoms with Crippen LogP contribution in [0, 0.1) is 0 Å². The van der Waals surface area contributed by atoms with E-state index in [1.54, 1.807) is 13.4 Å². The maximum absolute atomic E-state index is 5.04. The molecule has 0 unspecified atom stereocenters. The first kappa shape index (κ1) is 14.9. The second-order valence-corrected chi connectivity index (χ2v) is 4.37. The van der Waals surface area contributed by atoms with E-state index in [1.807, 2.05) is 6.07 Å². The minimum atomic E-state index is 0.769. The lowest BCUT2D eigenvalue weighted by atomic mass is 10.2. The Morgan fingerprint density at radius 2 is 2.17 bits per heavy atom. The third-order valence-corrected chi connectivity index (χ3v) is 2.71. The van der Waals surface area contributed by atoms with Gasteiger partial charge >= 0.3 is 0 Å². The first-order valence-electron chi connectivity index (χ1n) is 6.48. The third kappa shape index (κ3) is 5.93. The molecule has 1 rings (SSSR count). The first-order valence-corrected chi connectivity index (χ1v) is 6.48. The first-order chi connectivity index (χ1) is 8.76. The summed E-state index contributed by atoms with van der Waals surface area (Å²) < 4.78 is 5.04. The van der Waals surface area contributed by atoms with Gasteiger partial charge in [-0.25, -0.2) is 9.97 Å². The Balaban J connectivity index is 2.28. The van der Waals surface area contributed by atoms with Gasteiger partial charge in [0.2, 0.25) is 0 Å². The summed E-state index contributed by atoms with van der Waals surface area (Å²) in [5.41, 5.74) is 1.10. The van der Waals surface area contributed by atoms with Crippen molar-refractivity contribution in [1.29, 1.82) is 0 Å². The Morgan fingerprint density at radius 3 is 2.89 bits per heavy atom. The van der Waals surface area contributed by atoms with E-state index in [-0.39, 0.29) is 0 Å². The number of hydrogen-bond acceptors (Lipinski definition) is 5. The lowest BCUT2D eigenvalue weighted by molar-refractivity contribution is 0.163. The number of methoxy groups -OCH3 is 1. The maximum atomic E-state index is 5.04. The number of nitrogens with one attached hydrogen (secondary N) is 1. The molecule has 102 valence electrons. The Morgan fingerprint density at radius 1 is 1.33 bits per heavy atom. The number of aromatic nitrogens is 2. The number of ether oxygens (including phenoxy) is 1. The topological polar surface area (TPSA) is 50.3 Å². The predicted molar refractivity (Wildman–Crippen MR) is 73.9 cm³/mol. The molecule has 0 saturated carbocycles. The zero-order valence-electron chi connectivity index (χ0n) is 11.6. The molecule has 1 aromatic rings. The summed E-state index contributed by atoms with van der Waals surface area (Å²) >= 11 is 0. The normalized spacial score (nSPS) is 10.9. The lowest BCUT2D eigenvalue weighted by Crippen LogP contribution is -2.28. The maximum Gasteiger partial charge on any atom is 0.129 e. The van der Waals surface area contributed by atoms with E-state index in [0.29, 0.717) is 0 Å². The molecule has 0 aliphatic heterocycles. The van der Waals surface area contributed by atoms with Crippen LogP contribution in [0.3, 0.4) is 0 Å². The van der Waals surface area contributed by atoms with Crippen LogP contribution in [-0.4, -0.2) is 55.3 Å². The molecule has 1 heterocycles. The Labute approximate surface area is 110 Å². The molecule has 0 amide bonds. The van der Waals surface area contributed by atoms with E-state index < -0.39 is 0 Å². The Bertz CT molecular complexity index is 333. The standard InChI is InChI=1S/C13H24N4O/c1-4-5-12-10-13(16-11-15-12)14-6-7-17(2)8-9-18-3/h10-11H,4-9H2,1-3H3,(H,14,15,16). The molecule has 0 saturated heterocycles. The van der Waals surface area contributed by atoms with Crippen molar-refractivity contribution in [2.24, 2.45) is 0 Å². The van der Waals surface area contributed by atoms with Gasteiger partial charge in [0.25, 0.3) is 0 Å². The van der Waals surface area contributed by atoms with Crippen molar-refractivity contribution in [2.45, 2.75) is 19.8 Å². The zero-order valence-corrected chi connectivity index (χ0v) is 11.6. The van der Waals surface area contributed by atoms with Crippen molar-refractivity contribution in [2.75, 3.05) is 45.7 Å². The van der Waals surface area contributed by atoms with E-state index in [9.17, 15) is 0 Å². The van der Waals surface area contributed by atoms with Crippen LogP contribution in [0.15, 0.2) is 12.4 Å². The summed E-state index contributed by atoms with van der Waals surface area (Å²) in [5, 5.41) is 3.32. The van der Waals surface area contributed by atoms with Crippen LogP contribution in [-0.2, 0) is 11.2 Å². The van der Waals surface area contributed by atoms with Crippen LogP contribution in [0.25, 0.3) is 0 Å². The molecule has 0 bridgehead atoms. The monoisotopic (exact) mass is 252 g/mol. The van der Waals surface area contributed by atoms with Crippen LogP contribution in [0.1, 0.15) is 19.0 Å². The molecule has 0 aliphatic rings. The number of anilines is 1. The summed E-state index contributed by atoms with van der Waals surface area (Å²) in [6, 6.07) is 2.03. The fraction of sp³-hybridized carbons (Fsp3) is 0.692. The van der Waals surface area contributed by atoms with Crippen LogP contribution in [0.5, 0.6) is 0 Å². The smallest absolute Gasteiger partial charge is 0.129 e. The quantitative estimate of drug-likeness (QED) is 0.720. The van der Waals surface area contributed by atoms with Gasteiger partial charge in [-0.3, -0.25) is 0 Å². The van der Waals surface area contributed by atoms with Crippen molar-refractivity contribution >= 4 is 5.82 Å². The van der Waals surface area contributed by atoms with Crippen molar-refractivity contribution in [1.82, 2.24) is 14.9 Å². The highest BCUT2D eigenvalue weighted by atomic mass is 16.5. The van der Waals surface area contributed by atoms with E-state index in [1.165, 1.54) is 0 Å². The molecule has 18 heavy (non-hydrogen) atoms. The highest BCUT2D eigenvalue weighted by Gasteiger charge is 2.00. The van der Waals surface area contributed by atoms with Gasteiger partial charge in [0.15, 0.2) is 0 Å². The summed E-state index contributed by atoms with van der Waals surface area (Å²) in [4.78, 5) is 10.7. The molecule has 1 N–H and O–H groups in total. The molecule has 1 aromatic heterocycles. The molecule has 0 radical (unpaired) electrons. The van der Waals surface area contributed by atoms with E-state index >= 15 is 0 Å². The molecule has 0 fully saturated rings. The van der Waals surface area contributed by atoms with Gasteiger partial charge in [-0.2, -0.15) is 0 Å². The minimum Gasteiger partial charge on any atom is -0.383 e. The summed E-state index contributed by atoms with van der Waals surface area (Å²) in [6.45, 7) is 5.72. The van der Waals surface area contributed by atoms with Gasteiger partial charge in [0, 0.05) is 38.5 Å². The molecule has 5 heteroatoms. The van der Waals surface area contributed by atoms with Crippen LogP contribution in [0.4, 0.5) is 5.82 Å². The second kappa shape index (κ2) is 8.83. The van der Waals surface area contributed by atoms with Gasteiger partial charge in [-0.15, -0.1) is 0 Å². The minimum absolute atomic E-state index is 0.769. The van der Waals surface area contributed by atoms with Gasteiger partial charge in [-0.05, 0) is 13.5 Å². The van der Waals surface area contributed by atoms with Gasteiger partial charge in [-0.1, -0.05) is 13.3 Å². The van der Waals surface area contributed by atoms with Crippen LogP contribution >= 0.6 is 0 Å². The average Bonchev–Trinajstić information content (AvgIpc) is 2.37. The fourth-order valence-corrected chi connectivity index (χ4v) is 1.62. The predicted octanol–water partition coefficient (Wildman–Crippen LogP) is 1.42. The fourth-order valence-electron chi connectivity index (χ4n) is 1.62. The number of rotatable bonds is 9. The summed E-state index contributed by atoms with van der Waals surface area (Å²) in [5.74, 6) is 0.911. The molecular weight excluding hydrogens is 228 g/mol. The summed E-state index contributed by atoms with van der Waals surface area (Å²) in [7, 11) is 3.81. The average molecular weight is 252 g/mol. The van der Waals surface area contributed by atoms with Gasteiger partial charge in [0.1, 0.15) is 12.1 Å². The molecule has 0 aromatic carbocycles. The van der Waals surface area contributed by atoms with Crippen LogP contribution < -0.4 is 5.32 Å². The molecule has 0 spiro atoms. The number of likely N-dealkylation sites (N-methyl/N-ethyl adjacent to an activating group) is 1. The zero-order chi connectivity index (χ0) is 13.2. The SMILES string of the molecule is CCCc1cc(NCCN(C)CCOC)ncn1.